The highest BCUT2D eigenvalue weighted by atomic mass is 16.5. The van der Waals surface area contributed by atoms with Crippen LogP contribution in [0.15, 0.2) is 18.2 Å². The molecule has 1 aromatic carbocycles. The van der Waals surface area contributed by atoms with Gasteiger partial charge in [0.25, 0.3) is 0 Å². The normalized spacial score (nSPS) is 16.2. The minimum atomic E-state index is 0.0518. The minimum Gasteiger partial charge on any atom is -0.493 e. The molecule has 1 N–H and O–H groups in total. The van der Waals surface area contributed by atoms with Crippen molar-refractivity contribution >= 4 is 11.8 Å². The van der Waals surface area contributed by atoms with Crippen LogP contribution in [0.4, 0.5) is 0 Å². The molecule has 1 aliphatic rings. The maximum atomic E-state index is 12.5. The van der Waals surface area contributed by atoms with Crippen molar-refractivity contribution in [1.82, 2.24) is 10.2 Å². The molecule has 1 fully saturated rings. The average molecular weight is 387 g/mol. The van der Waals surface area contributed by atoms with Gasteiger partial charge in [0.1, 0.15) is 0 Å². The van der Waals surface area contributed by atoms with E-state index < -0.39 is 0 Å². The van der Waals surface area contributed by atoms with E-state index in [-0.39, 0.29) is 17.9 Å². The Hall–Kier alpha value is -2.75. The Morgan fingerprint density at radius 3 is 2.86 bits per heavy atom. The Kier molecular flexibility index (Phi) is 8.60. The number of carbonyl (C=O) groups is 2. The number of ether oxygens (including phenoxy) is 2. The zero-order valence-electron chi connectivity index (χ0n) is 16.7. The van der Waals surface area contributed by atoms with Crippen molar-refractivity contribution in [2.24, 2.45) is 0 Å². The van der Waals surface area contributed by atoms with E-state index in [0.717, 1.165) is 25.8 Å². The predicted molar refractivity (Wildman–Crippen MR) is 105 cm³/mol. The Bertz CT molecular complexity index is 714. The fourth-order valence-electron chi connectivity index (χ4n) is 3.27. The smallest absolute Gasteiger partial charge is 0.222 e. The Labute approximate surface area is 166 Å². The highest BCUT2D eigenvalue weighted by Crippen LogP contribution is 2.28. The quantitative estimate of drug-likeness (QED) is 0.658. The minimum absolute atomic E-state index is 0.0518. The fourth-order valence-corrected chi connectivity index (χ4v) is 3.27. The number of nitrogens with one attached hydrogen (secondary N) is 1. The van der Waals surface area contributed by atoms with E-state index in [2.05, 4.69) is 11.4 Å². The molecule has 0 saturated carbocycles. The second kappa shape index (κ2) is 11.2. The molecule has 1 saturated heterocycles. The first kappa shape index (κ1) is 21.5. The first-order valence-corrected chi connectivity index (χ1v) is 9.85. The Morgan fingerprint density at radius 2 is 2.14 bits per heavy atom. The number of methoxy groups -OCH3 is 1. The summed E-state index contributed by atoms with van der Waals surface area (Å²) >= 11 is 0. The Balaban J connectivity index is 1.75. The molecular weight excluding hydrogens is 358 g/mol. The first-order valence-electron chi connectivity index (χ1n) is 9.85. The number of piperidine rings is 1. The molecule has 28 heavy (non-hydrogen) atoms. The fraction of sp³-hybridized carbons (Fsp3) is 0.571. The van der Waals surface area contributed by atoms with Crippen LogP contribution in [0, 0.1) is 11.3 Å². The maximum Gasteiger partial charge on any atom is 0.222 e. The molecule has 2 rings (SSSR count). The number of hydrogen-bond donors (Lipinski definition) is 1. The third kappa shape index (κ3) is 6.45. The van der Waals surface area contributed by atoms with Crippen LogP contribution in [-0.4, -0.2) is 49.6 Å². The van der Waals surface area contributed by atoms with Gasteiger partial charge in [-0.2, -0.15) is 5.26 Å². The van der Waals surface area contributed by atoms with Crippen LogP contribution in [-0.2, 0) is 9.59 Å². The molecule has 2 amide bonds. The van der Waals surface area contributed by atoms with Crippen molar-refractivity contribution in [2.45, 2.75) is 51.5 Å². The van der Waals surface area contributed by atoms with E-state index in [4.69, 9.17) is 14.7 Å². The highest BCUT2D eigenvalue weighted by molar-refractivity contribution is 5.77. The largest absolute Gasteiger partial charge is 0.493 e. The second-order valence-electron chi connectivity index (χ2n) is 6.93. The topological polar surface area (TPSA) is 91.7 Å². The van der Waals surface area contributed by atoms with Crippen molar-refractivity contribution in [3.05, 3.63) is 23.8 Å². The molecule has 7 heteroatoms. The lowest BCUT2D eigenvalue weighted by Gasteiger charge is -2.33. The lowest BCUT2D eigenvalue weighted by atomic mass is 10.0. The number of benzene rings is 1. The summed E-state index contributed by atoms with van der Waals surface area (Å²) in [5.74, 6) is 1.22. The summed E-state index contributed by atoms with van der Waals surface area (Å²) < 4.78 is 10.9. The molecular formula is C21H29N3O4. The van der Waals surface area contributed by atoms with E-state index in [0.29, 0.717) is 49.5 Å². The van der Waals surface area contributed by atoms with Gasteiger partial charge < -0.3 is 19.7 Å². The van der Waals surface area contributed by atoms with Gasteiger partial charge in [-0.3, -0.25) is 9.59 Å². The zero-order valence-corrected chi connectivity index (χ0v) is 16.7. The molecule has 1 aliphatic heterocycles. The molecule has 0 spiro atoms. The summed E-state index contributed by atoms with van der Waals surface area (Å²) in [5, 5.41) is 12.0. The van der Waals surface area contributed by atoms with E-state index in [1.807, 2.05) is 11.8 Å². The van der Waals surface area contributed by atoms with Gasteiger partial charge >= 0.3 is 0 Å². The number of hydrogen-bond acceptors (Lipinski definition) is 5. The number of carbonyl (C=O) groups excluding carboxylic acids is 2. The van der Waals surface area contributed by atoms with Crippen LogP contribution in [0.1, 0.15) is 51.0 Å². The lowest BCUT2D eigenvalue weighted by molar-refractivity contribution is -0.133. The second-order valence-corrected chi connectivity index (χ2v) is 6.93. The number of nitrogens with zero attached hydrogens (tertiary/aromatic N) is 2. The van der Waals surface area contributed by atoms with E-state index in [1.54, 1.807) is 18.2 Å². The SMILES string of the molecule is CCCC(=O)NC1CCCN(C(=O)CCCOc2ccc(C#N)cc2OC)C1. The van der Waals surface area contributed by atoms with Gasteiger partial charge in [-0.15, -0.1) is 0 Å². The maximum absolute atomic E-state index is 12.5. The summed E-state index contributed by atoms with van der Waals surface area (Å²) in [6.07, 6.45) is 4.16. The molecule has 1 heterocycles. The van der Waals surface area contributed by atoms with Crippen molar-refractivity contribution in [3.63, 3.8) is 0 Å². The molecule has 0 aliphatic carbocycles. The number of rotatable bonds is 9. The van der Waals surface area contributed by atoms with Gasteiger partial charge in [0.05, 0.1) is 25.3 Å². The van der Waals surface area contributed by atoms with Crippen LogP contribution in [0.5, 0.6) is 11.5 Å². The summed E-state index contributed by atoms with van der Waals surface area (Å²) in [5.41, 5.74) is 0.505. The molecule has 1 aromatic rings. The molecule has 0 aromatic heterocycles. The third-order valence-corrected chi connectivity index (χ3v) is 4.70. The third-order valence-electron chi connectivity index (χ3n) is 4.70. The van der Waals surface area contributed by atoms with Crippen LogP contribution in [0.2, 0.25) is 0 Å². The number of amides is 2. The molecule has 152 valence electrons. The van der Waals surface area contributed by atoms with E-state index in [1.165, 1.54) is 7.11 Å². The van der Waals surface area contributed by atoms with Gasteiger partial charge in [0.15, 0.2) is 11.5 Å². The summed E-state index contributed by atoms with van der Waals surface area (Å²) in [4.78, 5) is 26.1. The Morgan fingerprint density at radius 1 is 1.32 bits per heavy atom. The van der Waals surface area contributed by atoms with Gasteiger partial charge in [-0.05, 0) is 37.8 Å². The van der Waals surface area contributed by atoms with Gasteiger partial charge in [0.2, 0.25) is 11.8 Å². The first-order chi connectivity index (χ1) is 13.6. The molecule has 7 nitrogen and oxygen atoms in total. The van der Waals surface area contributed by atoms with Gasteiger partial charge in [-0.25, -0.2) is 0 Å². The summed E-state index contributed by atoms with van der Waals surface area (Å²) in [6.45, 7) is 3.69. The average Bonchev–Trinajstić information content (AvgIpc) is 2.71. The van der Waals surface area contributed by atoms with Crippen LogP contribution in [0.3, 0.4) is 0 Å². The van der Waals surface area contributed by atoms with Crippen LogP contribution in [0.25, 0.3) is 0 Å². The van der Waals surface area contributed by atoms with Crippen molar-refractivity contribution in [1.29, 1.82) is 5.26 Å². The van der Waals surface area contributed by atoms with Gasteiger partial charge in [-0.1, -0.05) is 6.92 Å². The van der Waals surface area contributed by atoms with E-state index in [9.17, 15) is 9.59 Å². The lowest BCUT2D eigenvalue weighted by Crippen LogP contribution is -2.49. The zero-order chi connectivity index (χ0) is 20.4. The molecule has 1 atom stereocenters. The molecule has 1 unspecified atom stereocenters. The highest BCUT2D eigenvalue weighted by Gasteiger charge is 2.24. The van der Waals surface area contributed by atoms with Crippen LogP contribution < -0.4 is 14.8 Å². The summed E-state index contributed by atoms with van der Waals surface area (Å²) in [7, 11) is 1.53. The predicted octanol–water partition coefficient (Wildman–Crippen LogP) is 2.63. The number of nitriles is 1. The van der Waals surface area contributed by atoms with Crippen LogP contribution >= 0.6 is 0 Å². The molecule has 0 radical (unpaired) electrons. The van der Waals surface area contributed by atoms with E-state index >= 15 is 0 Å². The monoisotopic (exact) mass is 387 g/mol. The summed E-state index contributed by atoms with van der Waals surface area (Å²) in [6, 6.07) is 7.11. The van der Waals surface area contributed by atoms with Crippen molar-refractivity contribution in [2.75, 3.05) is 26.8 Å². The number of likely N-dealkylation sites (tertiary alicyclic amines) is 1. The van der Waals surface area contributed by atoms with Crippen molar-refractivity contribution < 1.29 is 19.1 Å². The van der Waals surface area contributed by atoms with Gasteiger partial charge in [0, 0.05) is 38.0 Å². The molecule has 0 bridgehead atoms. The van der Waals surface area contributed by atoms with Crippen molar-refractivity contribution in [3.8, 4) is 17.6 Å². The standard InChI is InChI=1S/C21H29N3O4/c1-3-6-20(25)23-17-7-4-11-24(15-17)21(26)8-5-12-28-18-10-9-16(14-22)13-19(18)27-2/h9-10,13,17H,3-8,11-12,15H2,1-2H3,(H,23,25).